The zero-order chi connectivity index (χ0) is 9.64. The van der Waals surface area contributed by atoms with Crippen LogP contribution in [0.4, 0.5) is 0 Å². The zero-order valence-electron chi connectivity index (χ0n) is 6.58. The van der Waals surface area contributed by atoms with Crippen LogP contribution in [0.3, 0.4) is 0 Å². The molecule has 2 rings (SSSR count). The molecule has 1 unspecified atom stereocenters. The first kappa shape index (κ1) is 9.27. The number of fused-ring (bicyclic) bond motifs is 1. The molecule has 1 atom stereocenters. The molecule has 2 aliphatic rings. The van der Waals surface area contributed by atoms with Gasteiger partial charge in [0.15, 0.2) is 0 Å². The lowest BCUT2D eigenvalue weighted by Crippen LogP contribution is -2.51. The van der Waals surface area contributed by atoms with Gasteiger partial charge in [0.2, 0.25) is 5.91 Å². The number of hydrogen-bond donors (Lipinski definition) is 2. The average molecular weight is 221 g/mol. The third-order valence-electron chi connectivity index (χ3n) is 2.01. The summed E-state index contributed by atoms with van der Waals surface area (Å²) in [4.78, 5) is 30.1. The fourth-order valence-corrected chi connectivity index (χ4v) is 3.57. The highest BCUT2D eigenvalue weighted by Crippen LogP contribution is 2.53. The molecule has 1 amide bonds. The molecule has 1 fully saturated rings. The maximum absolute atomic E-state index is 11.1. The van der Waals surface area contributed by atoms with Crippen molar-refractivity contribution in [1.29, 1.82) is 0 Å². The number of nitrogens with zero attached hydrogens (tertiary/aromatic N) is 1. The Hall–Kier alpha value is -0.290. The van der Waals surface area contributed by atoms with Crippen LogP contribution >= 0.6 is 19.4 Å². The number of carbonyl (C=O) groups is 1. The predicted molar refractivity (Wildman–Crippen MR) is 47.8 cm³/mol. The summed E-state index contributed by atoms with van der Waals surface area (Å²) in [5.74, 6) is 0.362. The Balaban J connectivity index is 2.32. The van der Waals surface area contributed by atoms with E-state index < -0.39 is 7.60 Å². The van der Waals surface area contributed by atoms with Gasteiger partial charge < -0.3 is 9.79 Å². The molecule has 7 heteroatoms. The summed E-state index contributed by atoms with van der Waals surface area (Å²) in [6.45, 7) is 0. The van der Waals surface area contributed by atoms with Crippen molar-refractivity contribution in [3.8, 4) is 0 Å². The topological polar surface area (TPSA) is 77.8 Å². The molecule has 72 valence electrons. The lowest BCUT2D eigenvalue weighted by Gasteiger charge is -2.43. The predicted octanol–water partition coefficient (Wildman–Crippen LogP) is 0.311. The van der Waals surface area contributed by atoms with E-state index in [1.807, 2.05) is 0 Å². The largest absolute Gasteiger partial charge is 0.372 e. The van der Waals surface area contributed by atoms with Crippen LogP contribution in [0.15, 0.2) is 11.5 Å². The van der Waals surface area contributed by atoms with E-state index in [1.54, 1.807) is 0 Å². The zero-order valence-corrected chi connectivity index (χ0v) is 8.29. The fraction of sp³-hybridized carbons (Fsp3) is 0.500. The molecule has 0 aromatic heterocycles. The van der Waals surface area contributed by atoms with Crippen molar-refractivity contribution < 1.29 is 19.1 Å². The standard InChI is InChI=1S/C6H8NO4PS/c8-4-3-6-7(4)5(1-2-13-6)12(9,10)11/h1,6H,2-3H2,(H2,9,10,11). The second kappa shape index (κ2) is 2.85. The Morgan fingerprint density at radius 2 is 2.31 bits per heavy atom. The van der Waals surface area contributed by atoms with Crippen LogP contribution in [0, 0.1) is 0 Å². The van der Waals surface area contributed by atoms with Gasteiger partial charge in [-0.1, -0.05) is 0 Å². The van der Waals surface area contributed by atoms with E-state index in [0.717, 1.165) is 0 Å². The maximum atomic E-state index is 11.1. The van der Waals surface area contributed by atoms with Crippen molar-refractivity contribution in [2.45, 2.75) is 11.8 Å². The molecule has 0 aromatic carbocycles. The molecule has 2 N–H and O–H groups in total. The van der Waals surface area contributed by atoms with Crippen molar-refractivity contribution in [2.24, 2.45) is 0 Å². The number of β-lactam (4-membered cyclic amide) rings is 1. The van der Waals surface area contributed by atoms with Crippen molar-refractivity contribution in [2.75, 3.05) is 5.75 Å². The molecule has 0 aliphatic carbocycles. The van der Waals surface area contributed by atoms with Gasteiger partial charge in [-0.15, -0.1) is 11.8 Å². The van der Waals surface area contributed by atoms with Gasteiger partial charge in [0, 0.05) is 5.75 Å². The van der Waals surface area contributed by atoms with E-state index in [4.69, 9.17) is 9.79 Å². The average Bonchev–Trinajstić information content (AvgIpc) is 2.00. The number of rotatable bonds is 1. The van der Waals surface area contributed by atoms with E-state index >= 15 is 0 Å². The summed E-state index contributed by atoms with van der Waals surface area (Å²) in [7, 11) is -4.27. The summed E-state index contributed by atoms with van der Waals surface area (Å²) >= 11 is 1.52. The lowest BCUT2D eigenvalue weighted by atomic mass is 10.2. The van der Waals surface area contributed by atoms with E-state index in [2.05, 4.69) is 0 Å². The minimum atomic E-state index is -4.27. The van der Waals surface area contributed by atoms with Gasteiger partial charge in [-0.2, -0.15) is 0 Å². The number of thioether (sulfide) groups is 1. The van der Waals surface area contributed by atoms with Crippen molar-refractivity contribution in [3.63, 3.8) is 0 Å². The molecule has 0 bridgehead atoms. The highest BCUT2D eigenvalue weighted by molar-refractivity contribution is 8.00. The molecule has 0 saturated carbocycles. The van der Waals surface area contributed by atoms with Gasteiger partial charge in [0.1, 0.15) is 5.44 Å². The third-order valence-corrected chi connectivity index (χ3v) is 4.12. The Bertz CT molecular complexity index is 336. The fourth-order valence-electron chi connectivity index (χ4n) is 1.39. The van der Waals surface area contributed by atoms with E-state index in [0.29, 0.717) is 12.2 Å². The van der Waals surface area contributed by atoms with Gasteiger partial charge in [-0.05, 0) is 6.08 Å². The second-order valence-electron chi connectivity index (χ2n) is 2.86. The van der Waals surface area contributed by atoms with Crippen LogP contribution < -0.4 is 0 Å². The highest BCUT2D eigenvalue weighted by Gasteiger charge is 2.45. The number of carbonyl (C=O) groups excluding carboxylic acids is 1. The van der Waals surface area contributed by atoms with Gasteiger partial charge in [0.05, 0.1) is 11.8 Å². The van der Waals surface area contributed by atoms with Crippen LogP contribution in [-0.2, 0) is 9.36 Å². The smallest absolute Gasteiger partial charge is 0.320 e. The highest BCUT2D eigenvalue weighted by atomic mass is 32.2. The second-order valence-corrected chi connectivity index (χ2v) is 5.62. The Morgan fingerprint density at radius 3 is 2.77 bits per heavy atom. The van der Waals surface area contributed by atoms with E-state index in [9.17, 15) is 9.36 Å². The molecule has 2 heterocycles. The molecule has 2 aliphatic heterocycles. The van der Waals surface area contributed by atoms with Crippen molar-refractivity contribution in [3.05, 3.63) is 11.5 Å². The Labute approximate surface area is 79.0 Å². The first-order chi connectivity index (χ1) is 6.00. The van der Waals surface area contributed by atoms with Gasteiger partial charge >= 0.3 is 7.60 Å². The molecular weight excluding hydrogens is 213 g/mol. The summed E-state index contributed by atoms with van der Waals surface area (Å²) in [6, 6.07) is 0. The van der Waals surface area contributed by atoms with E-state index in [1.165, 1.54) is 22.7 Å². The molecular formula is C6H8NO4PS. The first-order valence-corrected chi connectivity index (χ1v) is 6.36. The molecule has 1 saturated heterocycles. The van der Waals surface area contributed by atoms with Crippen molar-refractivity contribution in [1.82, 2.24) is 4.90 Å². The van der Waals surface area contributed by atoms with Crippen LogP contribution in [0.5, 0.6) is 0 Å². The third kappa shape index (κ3) is 1.44. The molecule has 0 aromatic rings. The maximum Gasteiger partial charge on any atom is 0.372 e. The minimum Gasteiger partial charge on any atom is -0.320 e. The van der Waals surface area contributed by atoms with Gasteiger partial charge in [0.25, 0.3) is 0 Å². The summed E-state index contributed by atoms with van der Waals surface area (Å²) in [5, 5.41) is -0.0554. The summed E-state index contributed by atoms with van der Waals surface area (Å²) < 4.78 is 10.9. The Kier molecular flexibility index (Phi) is 2.03. The minimum absolute atomic E-state index is 0.0554. The summed E-state index contributed by atoms with van der Waals surface area (Å²) in [5.41, 5.74) is -0.118. The summed E-state index contributed by atoms with van der Waals surface area (Å²) in [6.07, 6.45) is 1.82. The molecule has 5 nitrogen and oxygen atoms in total. The lowest BCUT2D eigenvalue weighted by molar-refractivity contribution is -0.138. The molecule has 13 heavy (non-hydrogen) atoms. The Morgan fingerprint density at radius 1 is 1.62 bits per heavy atom. The quantitative estimate of drug-likeness (QED) is 0.492. The molecule has 0 spiro atoms. The van der Waals surface area contributed by atoms with Gasteiger partial charge in [-0.3, -0.25) is 14.3 Å². The van der Waals surface area contributed by atoms with Gasteiger partial charge in [-0.25, -0.2) is 0 Å². The van der Waals surface area contributed by atoms with Crippen molar-refractivity contribution >= 4 is 25.3 Å². The number of hydrogen-bond acceptors (Lipinski definition) is 3. The first-order valence-electron chi connectivity index (χ1n) is 3.70. The van der Waals surface area contributed by atoms with E-state index in [-0.39, 0.29) is 16.7 Å². The normalized spacial score (nSPS) is 27.8. The van der Waals surface area contributed by atoms with Crippen LogP contribution in [0.2, 0.25) is 0 Å². The van der Waals surface area contributed by atoms with Crippen LogP contribution in [0.25, 0.3) is 0 Å². The molecule has 0 radical (unpaired) electrons. The SMILES string of the molecule is O=C1CC2SCC=C(P(=O)(O)O)N12. The van der Waals surface area contributed by atoms with Crippen LogP contribution in [0.1, 0.15) is 6.42 Å². The van der Waals surface area contributed by atoms with Crippen LogP contribution in [-0.4, -0.2) is 31.7 Å². The monoisotopic (exact) mass is 221 g/mol. The number of amides is 1.